The van der Waals surface area contributed by atoms with Crippen LogP contribution in [0.15, 0.2) is 33.5 Å². The molecule has 0 aliphatic carbocycles. The molecule has 1 N–H and O–H groups in total. The van der Waals surface area contributed by atoms with Crippen LogP contribution in [0.2, 0.25) is 0 Å². The second-order valence-corrected chi connectivity index (χ2v) is 3.86. The van der Waals surface area contributed by atoms with Crippen LogP contribution in [0.1, 0.15) is 25.5 Å². The van der Waals surface area contributed by atoms with Crippen LogP contribution in [0.3, 0.4) is 0 Å². The molecular weight excluding hydrogens is 204 g/mol. The molecule has 84 valence electrons. The van der Waals surface area contributed by atoms with Crippen molar-refractivity contribution in [2.24, 2.45) is 0 Å². The summed E-state index contributed by atoms with van der Waals surface area (Å²) in [5.41, 5.74) is 0.444. The Morgan fingerprint density at radius 3 is 2.88 bits per heavy atom. The molecule has 0 fully saturated rings. The zero-order valence-corrected chi connectivity index (χ0v) is 9.19. The smallest absolute Gasteiger partial charge is 0.193 e. The summed E-state index contributed by atoms with van der Waals surface area (Å²) >= 11 is 0. The molecule has 0 atom stereocenters. The topological polar surface area (TPSA) is 50.4 Å². The van der Waals surface area contributed by atoms with E-state index in [0.717, 1.165) is 19.3 Å². The van der Waals surface area contributed by atoms with Crippen LogP contribution >= 0.6 is 0 Å². The molecule has 2 rings (SSSR count). The van der Waals surface area contributed by atoms with E-state index < -0.39 is 0 Å². The van der Waals surface area contributed by atoms with Crippen molar-refractivity contribution in [3.63, 3.8) is 0 Å². The lowest BCUT2D eigenvalue weighted by atomic mass is 10.1. The lowest BCUT2D eigenvalue weighted by Crippen LogP contribution is -2.02. The first-order valence-corrected chi connectivity index (χ1v) is 5.46. The van der Waals surface area contributed by atoms with Crippen LogP contribution in [0.5, 0.6) is 5.75 Å². The van der Waals surface area contributed by atoms with Crippen LogP contribution in [0, 0.1) is 0 Å². The van der Waals surface area contributed by atoms with Gasteiger partial charge in [0, 0.05) is 12.5 Å². The molecule has 0 radical (unpaired) electrons. The first-order chi connectivity index (χ1) is 7.70. The molecule has 0 spiro atoms. The maximum atomic E-state index is 11.7. The molecule has 0 bridgehead atoms. The lowest BCUT2D eigenvalue weighted by Gasteiger charge is -2.02. The number of phenolic OH excluding ortho intramolecular Hbond substituents is 1. The van der Waals surface area contributed by atoms with Gasteiger partial charge in [0.15, 0.2) is 5.43 Å². The molecule has 3 nitrogen and oxygen atoms in total. The standard InChI is InChI=1S/C13H14O3/c1-2-3-4-10-8-12(15)11-7-9(14)5-6-13(11)16-10/h5-8,14H,2-4H2,1H3. The SMILES string of the molecule is CCCCc1cc(=O)c2cc(O)ccc2o1. The quantitative estimate of drug-likeness (QED) is 0.861. The minimum absolute atomic E-state index is 0.0844. The van der Waals surface area contributed by atoms with Gasteiger partial charge in [-0.2, -0.15) is 0 Å². The van der Waals surface area contributed by atoms with Crippen molar-refractivity contribution in [3.05, 3.63) is 40.2 Å². The molecular formula is C13H14O3. The fraction of sp³-hybridized carbons (Fsp3) is 0.308. The minimum atomic E-state index is -0.0942. The van der Waals surface area contributed by atoms with Crippen molar-refractivity contribution in [2.75, 3.05) is 0 Å². The highest BCUT2D eigenvalue weighted by Crippen LogP contribution is 2.18. The summed E-state index contributed by atoms with van der Waals surface area (Å²) in [6.45, 7) is 2.09. The normalized spacial score (nSPS) is 10.8. The highest BCUT2D eigenvalue weighted by atomic mass is 16.3. The molecule has 0 saturated heterocycles. The Morgan fingerprint density at radius 2 is 2.12 bits per heavy atom. The third kappa shape index (κ3) is 2.08. The summed E-state index contributed by atoms with van der Waals surface area (Å²) in [4.78, 5) is 11.7. The van der Waals surface area contributed by atoms with E-state index in [9.17, 15) is 9.90 Å². The van der Waals surface area contributed by atoms with Crippen molar-refractivity contribution < 1.29 is 9.52 Å². The number of unbranched alkanes of at least 4 members (excludes halogenated alkanes) is 1. The Labute approximate surface area is 93.3 Å². The largest absolute Gasteiger partial charge is 0.508 e. The van der Waals surface area contributed by atoms with Gasteiger partial charge in [-0.3, -0.25) is 4.79 Å². The molecule has 1 aromatic heterocycles. The van der Waals surface area contributed by atoms with Gasteiger partial charge in [-0.05, 0) is 24.6 Å². The van der Waals surface area contributed by atoms with Crippen LogP contribution < -0.4 is 5.43 Å². The van der Waals surface area contributed by atoms with Crippen molar-refractivity contribution in [2.45, 2.75) is 26.2 Å². The predicted molar refractivity (Wildman–Crippen MR) is 62.8 cm³/mol. The third-order valence-corrected chi connectivity index (χ3v) is 2.54. The lowest BCUT2D eigenvalue weighted by molar-refractivity contribution is 0.474. The van der Waals surface area contributed by atoms with Crippen molar-refractivity contribution in [1.29, 1.82) is 0 Å². The summed E-state index contributed by atoms with van der Waals surface area (Å²) in [6.07, 6.45) is 2.85. The van der Waals surface area contributed by atoms with E-state index in [2.05, 4.69) is 6.92 Å². The van der Waals surface area contributed by atoms with Gasteiger partial charge in [0.1, 0.15) is 17.1 Å². The Bertz CT molecular complexity index is 555. The van der Waals surface area contributed by atoms with E-state index >= 15 is 0 Å². The zero-order valence-electron chi connectivity index (χ0n) is 9.19. The molecule has 0 aliphatic heterocycles. The van der Waals surface area contributed by atoms with Gasteiger partial charge in [-0.15, -0.1) is 0 Å². The van der Waals surface area contributed by atoms with Crippen molar-refractivity contribution in [3.8, 4) is 5.75 Å². The van der Waals surface area contributed by atoms with Gasteiger partial charge in [0.05, 0.1) is 5.39 Å². The monoisotopic (exact) mass is 218 g/mol. The molecule has 0 saturated carbocycles. The van der Waals surface area contributed by atoms with Gasteiger partial charge < -0.3 is 9.52 Å². The fourth-order valence-corrected chi connectivity index (χ4v) is 1.67. The van der Waals surface area contributed by atoms with Crippen LogP contribution in [-0.2, 0) is 6.42 Å². The third-order valence-electron chi connectivity index (χ3n) is 2.54. The predicted octanol–water partition coefficient (Wildman–Crippen LogP) is 2.84. The summed E-state index contributed by atoms with van der Waals surface area (Å²) in [6, 6.07) is 6.10. The average molecular weight is 218 g/mol. The van der Waals surface area contributed by atoms with Gasteiger partial charge >= 0.3 is 0 Å². The molecule has 3 heteroatoms. The molecule has 1 aromatic carbocycles. The van der Waals surface area contributed by atoms with Crippen molar-refractivity contribution >= 4 is 11.0 Å². The molecule has 1 heterocycles. The van der Waals surface area contributed by atoms with Gasteiger partial charge in [0.2, 0.25) is 0 Å². The van der Waals surface area contributed by atoms with E-state index in [0.29, 0.717) is 16.7 Å². The molecule has 16 heavy (non-hydrogen) atoms. The van der Waals surface area contributed by atoms with E-state index in [-0.39, 0.29) is 11.2 Å². The number of fused-ring (bicyclic) bond motifs is 1. The summed E-state index contributed by atoms with van der Waals surface area (Å²) in [7, 11) is 0. The first kappa shape index (κ1) is 10.7. The van der Waals surface area contributed by atoms with E-state index in [1.807, 2.05) is 0 Å². The number of rotatable bonds is 3. The highest BCUT2D eigenvalue weighted by molar-refractivity contribution is 5.77. The number of benzene rings is 1. The minimum Gasteiger partial charge on any atom is -0.508 e. The average Bonchev–Trinajstić information content (AvgIpc) is 2.27. The van der Waals surface area contributed by atoms with Crippen molar-refractivity contribution in [1.82, 2.24) is 0 Å². The number of hydrogen-bond acceptors (Lipinski definition) is 3. The van der Waals surface area contributed by atoms with Crippen LogP contribution in [0.25, 0.3) is 11.0 Å². The van der Waals surface area contributed by atoms with E-state index in [1.54, 1.807) is 6.07 Å². The number of phenols is 1. The maximum Gasteiger partial charge on any atom is 0.193 e. The van der Waals surface area contributed by atoms with Crippen LogP contribution in [0.4, 0.5) is 0 Å². The Morgan fingerprint density at radius 1 is 1.31 bits per heavy atom. The summed E-state index contributed by atoms with van der Waals surface area (Å²) in [5.74, 6) is 0.797. The first-order valence-electron chi connectivity index (χ1n) is 5.46. The van der Waals surface area contributed by atoms with Gasteiger partial charge in [0.25, 0.3) is 0 Å². The zero-order chi connectivity index (χ0) is 11.5. The molecule has 2 aromatic rings. The van der Waals surface area contributed by atoms with Crippen LogP contribution in [-0.4, -0.2) is 5.11 Å². The number of aryl methyl sites for hydroxylation is 1. The molecule has 0 unspecified atom stereocenters. The Balaban J connectivity index is 2.51. The molecule has 0 aliphatic rings. The number of hydrogen-bond donors (Lipinski definition) is 1. The highest BCUT2D eigenvalue weighted by Gasteiger charge is 2.05. The van der Waals surface area contributed by atoms with E-state index in [4.69, 9.17) is 4.42 Å². The van der Waals surface area contributed by atoms with E-state index in [1.165, 1.54) is 18.2 Å². The fourth-order valence-electron chi connectivity index (χ4n) is 1.67. The van der Waals surface area contributed by atoms with Gasteiger partial charge in [-0.25, -0.2) is 0 Å². The maximum absolute atomic E-state index is 11.7. The summed E-state index contributed by atoms with van der Waals surface area (Å²) in [5, 5.41) is 9.72. The Hall–Kier alpha value is -1.77. The number of aromatic hydroxyl groups is 1. The van der Waals surface area contributed by atoms with Gasteiger partial charge in [-0.1, -0.05) is 13.3 Å². The summed E-state index contributed by atoms with van der Waals surface area (Å²) < 4.78 is 5.59. The second kappa shape index (κ2) is 4.39. The second-order valence-electron chi connectivity index (χ2n) is 3.86. The Kier molecular flexibility index (Phi) is 2.95. The molecule has 0 amide bonds.